The van der Waals surface area contributed by atoms with Crippen LogP contribution in [0.15, 0.2) is 30.3 Å². The van der Waals surface area contributed by atoms with Crippen LogP contribution in [0.5, 0.6) is 0 Å². The van der Waals surface area contributed by atoms with E-state index >= 15 is 0 Å². The van der Waals surface area contributed by atoms with E-state index < -0.39 is 0 Å². The zero-order chi connectivity index (χ0) is 15.1. The number of aromatic nitrogens is 1. The van der Waals surface area contributed by atoms with E-state index in [2.05, 4.69) is 0 Å². The van der Waals surface area contributed by atoms with Crippen molar-refractivity contribution in [2.24, 2.45) is 11.7 Å². The van der Waals surface area contributed by atoms with Gasteiger partial charge < -0.3 is 10.6 Å². The van der Waals surface area contributed by atoms with E-state index in [4.69, 9.17) is 10.7 Å². The number of amides is 1. The highest BCUT2D eigenvalue weighted by Crippen LogP contribution is 2.40. The fourth-order valence-corrected chi connectivity index (χ4v) is 3.34. The summed E-state index contributed by atoms with van der Waals surface area (Å²) in [5.74, 6) is 1.13. The first-order chi connectivity index (χ1) is 10.8. The third-order valence-electron chi connectivity index (χ3n) is 4.87. The Balaban J connectivity index is 0.00000104. The monoisotopic (exact) mass is 367 g/mol. The van der Waals surface area contributed by atoms with Gasteiger partial charge in [0.25, 0.3) is 5.91 Å². The molecule has 2 N–H and O–H groups in total. The van der Waals surface area contributed by atoms with Crippen molar-refractivity contribution in [2.45, 2.75) is 25.2 Å². The van der Waals surface area contributed by atoms with Crippen LogP contribution < -0.4 is 5.73 Å². The number of hydrogen-bond acceptors (Lipinski definition) is 3. The fraction of sp³-hybridized carbons (Fsp3) is 0.444. The van der Waals surface area contributed by atoms with Crippen molar-refractivity contribution in [1.29, 1.82) is 0 Å². The minimum Gasteiger partial charge on any atom is -0.338 e. The molecule has 1 aliphatic heterocycles. The predicted octanol–water partition coefficient (Wildman–Crippen LogP) is 3.38. The highest BCUT2D eigenvalue weighted by atomic mass is 35.5. The molecule has 1 aliphatic carbocycles. The summed E-state index contributed by atoms with van der Waals surface area (Å²) in [5, 5.41) is 0.966. The van der Waals surface area contributed by atoms with Crippen LogP contribution in [0.3, 0.4) is 0 Å². The van der Waals surface area contributed by atoms with E-state index in [0.29, 0.717) is 18.4 Å². The summed E-state index contributed by atoms with van der Waals surface area (Å²) >= 11 is 0. The lowest BCUT2D eigenvalue weighted by Crippen LogP contribution is -2.30. The van der Waals surface area contributed by atoms with Gasteiger partial charge in [0.2, 0.25) is 0 Å². The molecule has 1 atom stereocenters. The van der Waals surface area contributed by atoms with Crippen LogP contribution in [0, 0.1) is 5.92 Å². The maximum absolute atomic E-state index is 13.0. The third kappa shape index (κ3) is 3.51. The molecule has 0 radical (unpaired) electrons. The summed E-state index contributed by atoms with van der Waals surface area (Å²) < 4.78 is 0. The summed E-state index contributed by atoms with van der Waals surface area (Å²) in [6.07, 6.45) is 3.40. The van der Waals surface area contributed by atoms with E-state index in [1.165, 1.54) is 12.8 Å². The van der Waals surface area contributed by atoms with Crippen LogP contribution in [0.4, 0.5) is 0 Å². The minimum atomic E-state index is 0. The molecule has 6 heteroatoms. The van der Waals surface area contributed by atoms with Crippen molar-refractivity contribution in [2.75, 3.05) is 19.6 Å². The molecule has 1 aromatic carbocycles. The average Bonchev–Trinajstić information content (AvgIpc) is 3.30. The topological polar surface area (TPSA) is 59.2 Å². The predicted molar refractivity (Wildman–Crippen MR) is 101 cm³/mol. The van der Waals surface area contributed by atoms with Gasteiger partial charge in [-0.25, -0.2) is 0 Å². The standard InChI is InChI=1S/C18H21N3O.2ClH/c19-10-12-7-8-21(11-12)18(22)15-9-17(13-5-6-13)20-16-4-2-1-3-14(15)16;;/h1-4,9,12-13H,5-8,10-11,19H2;2*1H. The van der Waals surface area contributed by atoms with Crippen LogP contribution in [0.2, 0.25) is 0 Å². The van der Waals surface area contributed by atoms with Gasteiger partial charge in [0.15, 0.2) is 0 Å². The van der Waals surface area contributed by atoms with Crippen LogP contribution in [0.25, 0.3) is 10.9 Å². The fourth-order valence-electron chi connectivity index (χ4n) is 3.34. The molecule has 1 aromatic heterocycles. The minimum absolute atomic E-state index is 0. The maximum Gasteiger partial charge on any atom is 0.254 e. The zero-order valence-electron chi connectivity index (χ0n) is 13.5. The normalized spacial score (nSPS) is 19.7. The van der Waals surface area contributed by atoms with Crippen LogP contribution in [-0.4, -0.2) is 35.4 Å². The molecule has 130 valence electrons. The lowest BCUT2D eigenvalue weighted by molar-refractivity contribution is 0.0789. The number of benzene rings is 1. The van der Waals surface area contributed by atoms with Crippen LogP contribution >= 0.6 is 24.8 Å². The number of hydrogen-bond donors (Lipinski definition) is 1. The number of rotatable bonds is 3. The molecular formula is C18H23Cl2N3O. The molecule has 2 heterocycles. The lowest BCUT2D eigenvalue weighted by atomic mass is 10.0. The second-order valence-corrected chi connectivity index (χ2v) is 6.53. The summed E-state index contributed by atoms with van der Waals surface area (Å²) in [6, 6.07) is 10.00. The number of pyridine rings is 1. The van der Waals surface area contributed by atoms with Gasteiger partial charge >= 0.3 is 0 Å². The molecule has 1 unspecified atom stereocenters. The number of carbonyl (C=O) groups is 1. The highest BCUT2D eigenvalue weighted by molar-refractivity contribution is 6.06. The zero-order valence-corrected chi connectivity index (χ0v) is 15.1. The SMILES string of the molecule is Cl.Cl.NCC1CCN(C(=O)c2cc(C3CC3)nc3ccccc23)C1. The summed E-state index contributed by atoms with van der Waals surface area (Å²) in [4.78, 5) is 19.7. The van der Waals surface area contributed by atoms with Crippen LogP contribution in [-0.2, 0) is 0 Å². The van der Waals surface area contributed by atoms with Gasteiger partial charge in [-0.2, -0.15) is 0 Å². The first-order valence-electron chi connectivity index (χ1n) is 8.15. The van der Waals surface area contributed by atoms with E-state index in [1.54, 1.807) is 0 Å². The van der Waals surface area contributed by atoms with Gasteiger partial charge in [-0.1, -0.05) is 18.2 Å². The van der Waals surface area contributed by atoms with Crippen molar-refractivity contribution in [1.82, 2.24) is 9.88 Å². The number of para-hydroxylation sites is 1. The Kier molecular flexibility index (Phi) is 6.07. The van der Waals surface area contributed by atoms with Gasteiger partial charge in [-0.3, -0.25) is 9.78 Å². The summed E-state index contributed by atoms with van der Waals surface area (Å²) in [6.45, 7) is 2.26. The molecule has 4 rings (SSSR count). The van der Waals surface area contributed by atoms with Gasteiger partial charge in [0.1, 0.15) is 0 Å². The van der Waals surface area contributed by atoms with Gasteiger partial charge in [0.05, 0.1) is 11.1 Å². The average molecular weight is 368 g/mol. The van der Waals surface area contributed by atoms with Crippen molar-refractivity contribution in [3.05, 3.63) is 41.6 Å². The molecule has 24 heavy (non-hydrogen) atoms. The molecule has 1 saturated carbocycles. The molecule has 1 amide bonds. The first kappa shape index (κ1) is 19.0. The Morgan fingerprint density at radius 3 is 2.62 bits per heavy atom. The van der Waals surface area contributed by atoms with Gasteiger partial charge in [-0.05, 0) is 43.9 Å². The van der Waals surface area contributed by atoms with E-state index in [-0.39, 0.29) is 30.7 Å². The van der Waals surface area contributed by atoms with Crippen molar-refractivity contribution >= 4 is 41.6 Å². The Morgan fingerprint density at radius 2 is 1.96 bits per heavy atom. The van der Waals surface area contributed by atoms with Crippen molar-refractivity contribution in [3.63, 3.8) is 0 Å². The second-order valence-electron chi connectivity index (χ2n) is 6.53. The molecule has 0 bridgehead atoms. The molecule has 2 fully saturated rings. The largest absolute Gasteiger partial charge is 0.338 e. The van der Waals surface area contributed by atoms with Gasteiger partial charge in [-0.15, -0.1) is 24.8 Å². The third-order valence-corrected chi connectivity index (χ3v) is 4.87. The van der Waals surface area contributed by atoms with E-state index in [1.807, 2.05) is 35.2 Å². The number of nitrogens with zero attached hydrogens (tertiary/aromatic N) is 2. The maximum atomic E-state index is 13.0. The molecule has 2 aliphatic rings. The van der Waals surface area contributed by atoms with Gasteiger partial charge in [0, 0.05) is 30.1 Å². The number of nitrogens with two attached hydrogens (primary N) is 1. The molecule has 1 saturated heterocycles. The van der Waals surface area contributed by atoms with Crippen molar-refractivity contribution < 1.29 is 4.79 Å². The smallest absolute Gasteiger partial charge is 0.254 e. The molecule has 2 aromatic rings. The number of likely N-dealkylation sites (tertiary alicyclic amines) is 1. The number of fused-ring (bicyclic) bond motifs is 1. The Labute approximate surface area is 154 Å². The Bertz CT molecular complexity index is 733. The molecule has 0 spiro atoms. The summed E-state index contributed by atoms with van der Waals surface area (Å²) in [5.41, 5.74) is 8.58. The lowest BCUT2D eigenvalue weighted by Gasteiger charge is -2.18. The van der Waals surface area contributed by atoms with Crippen LogP contribution in [0.1, 0.15) is 41.2 Å². The van der Waals surface area contributed by atoms with E-state index in [9.17, 15) is 4.79 Å². The molecular weight excluding hydrogens is 345 g/mol. The van der Waals surface area contributed by atoms with Crippen molar-refractivity contribution in [3.8, 4) is 0 Å². The quantitative estimate of drug-likeness (QED) is 0.904. The Morgan fingerprint density at radius 1 is 1.21 bits per heavy atom. The number of carbonyl (C=O) groups excluding carboxylic acids is 1. The summed E-state index contributed by atoms with van der Waals surface area (Å²) in [7, 11) is 0. The number of halogens is 2. The highest BCUT2D eigenvalue weighted by Gasteiger charge is 2.30. The second kappa shape index (κ2) is 7.68. The first-order valence-corrected chi connectivity index (χ1v) is 8.15. The van der Waals surface area contributed by atoms with E-state index in [0.717, 1.165) is 41.7 Å². The molecule has 4 nitrogen and oxygen atoms in total. The Hall–Kier alpha value is -1.36.